The van der Waals surface area contributed by atoms with E-state index in [0.29, 0.717) is 22.0 Å². The molecule has 0 aliphatic carbocycles. The number of rotatable bonds is 4. The summed E-state index contributed by atoms with van der Waals surface area (Å²) in [6, 6.07) is 11.9. The van der Waals surface area contributed by atoms with Crippen LogP contribution in [0, 0.1) is 0 Å². The van der Waals surface area contributed by atoms with Gasteiger partial charge in [-0.15, -0.1) is 0 Å². The molecule has 2 aromatic rings. The molecule has 2 N–H and O–H groups in total. The molecule has 6 nitrogen and oxygen atoms in total. The van der Waals surface area contributed by atoms with Crippen molar-refractivity contribution in [1.29, 1.82) is 0 Å². The van der Waals surface area contributed by atoms with Crippen LogP contribution in [0.2, 0.25) is 5.02 Å². The summed E-state index contributed by atoms with van der Waals surface area (Å²) in [6.45, 7) is 0. The van der Waals surface area contributed by atoms with Gasteiger partial charge in [0.1, 0.15) is 5.75 Å². The number of anilines is 1. The van der Waals surface area contributed by atoms with Crippen LogP contribution in [0.3, 0.4) is 0 Å². The summed E-state index contributed by atoms with van der Waals surface area (Å²) in [4.78, 5) is 23.5. The Labute approximate surface area is 152 Å². The van der Waals surface area contributed by atoms with Crippen LogP contribution in [-0.2, 0) is 9.59 Å². The number of carbonyl (C=O) groups excluding carboxylic acids is 2. The molecule has 0 aliphatic rings. The Morgan fingerprint density at radius 2 is 1.96 bits per heavy atom. The van der Waals surface area contributed by atoms with E-state index in [1.807, 2.05) is 0 Å². The van der Waals surface area contributed by atoms with Crippen LogP contribution in [-0.4, -0.2) is 25.1 Å². The first-order chi connectivity index (χ1) is 11.5. The molecule has 24 heavy (non-hydrogen) atoms. The second kappa shape index (κ2) is 8.47. The van der Waals surface area contributed by atoms with E-state index >= 15 is 0 Å². The second-order valence-corrected chi connectivity index (χ2v) is 5.78. The summed E-state index contributed by atoms with van der Waals surface area (Å²) < 4.78 is 5.87. The minimum atomic E-state index is -0.912. The SMILES string of the molecule is COc1ccc(Br)c(/C=N/NC(=O)C(=O)Nc2ccccc2Cl)c1. The minimum absolute atomic E-state index is 0.336. The van der Waals surface area contributed by atoms with Crippen molar-refractivity contribution < 1.29 is 14.3 Å². The molecule has 0 aromatic heterocycles. The van der Waals surface area contributed by atoms with Gasteiger partial charge in [0.2, 0.25) is 0 Å². The Bertz CT molecular complexity index is 796. The van der Waals surface area contributed by atoms with Crippen molar-refractivity contribution in [3.63, 3.8) is 0 Å². The van der Waals surface area contributed by atoms with Crippen LogP contribution >= 0.6 is 27.5 Å². The van der Waals surface area contributed by atoms with Crippen LogP contribution in [0.15, 0.2) is 52.0 Å². The molecule has 0 fully saturated rings. The van der Waals surface area contributed by atoms with Gasteiger partial charge in [0.05, 0.1) is 24.0 Å². The molecule has 0 heterocycles. The van der Waals surface area contributed by atoms with Gasteiger partial charge in [-0.2, -0.15) is 5.10 Å². The molecule has 0 saturated carbocycles. The van der Waals surface area contributed by atoms with Gasteiger partial charge in [0.15, 0.2) is 0 Å². The Kier molecular flexibility index (Phi) is 6.34. The van der Waals surface area contributed by atoms with Gasteiger partial charge < -0.3 is 10.1 Å². The predicted octanol–water partition coefficient (Wildman–Crippen LogP) is 3.20. The van der Waals surface area contributed by atoms with Crippen LogP contribution in [0.1, 0.15) is 5.56 Å². The number of nitrogens with zero attached hydrogens (tertiary/aromatic N) is 1. The molecule has 0 unspecified atom stereocenters. The van der Waals surface area contributed by atoms with Gasteiger partial charge in [0.25, 0.3) is 0 Å². The van der Waals surface area contributed by atoms with E-state index in [0.717, 1.165) is 4.47 Å². The van der Waals surface area contributed by atoms with Crippen molar-refractivity contribution in [2.24, 2.45) is 5.10 Å². The maximum Gasteiger partial charge on any atom is 0.329 e. The molecule has 0 spiro atoms. The van der Waals surface area contributed by atoms with E-state index < -0.39 is 11.8 Å². The number of carbonyl (C=O) groups is 2. The molecule has 0 atom stereocenters. The Morgan fingerprint density at radius 1 is 1.21 bits per heavy atom. The topological polar surface area (TPSA) is 79.8 Å². The van der Waals surface area contributed by atoms with Gasteiger partial charge in [0, 0.05) is 10.0 Å². The Morgan fingerprint density at radius 3 is 2.67 bits per heavy atom. The highest BCUT2D eigenvalue weighted by atomic mass is 79.9. The summed E-state index contributed by atoms with van der Waals surface area (Å²) in [6.07, 6.45) is 1.40. The molecule has 0 bridgehead atoms. The predicted molar refractivity (Wildman–Crippen MR) is 96.5 cm³/mol. The quantitative estimate of drug-likeness (QED) is 0.461. The smallest absolute Gasteiger partial charge is 0.329 e. The van der Waals surface area contributed by atoms with Gasteiger partial charge in [-0.3, -0.25) is 9.59 Å². The first kappa shape index (κ1) is 18.0. The number of amides is 2. The number of hydrazone groups is 1. The van der Waals surface area contributed by atoms with Gasteiger partial charge >= 0.3 is 11.8 Å². The molecule has 0 radical (unpaired) electrons. The normalized spacial score (nSPS) is 10.5. The van der Waals surface area contributed by atoms with Crippen molar-refractivity contribution in [3.8, 4) is 5.75 Å². The standard InChI is InChI=1S/C16H13BrClN3O3/c1-24-11-6-7-12(17)10(8-11)9-19-21-16(23)15(22)20-14-5-3-2-4-13(14)18/h2-9H,1H3,(H,20,22)(H,21,23)/b19-9+. The number of ether oxygens (including phenoxy) is 1. The van der Waals surface area contributed by atoms with Crippen LogP contribution in [0.4, 0.5) is 5.69 Å². The van der Waals surface area contributed by atoms with E-state index in [2.05, 4.69) is 31.8 Å². The fourth-order valence-electron chi connectivity index (χ4n) is 1.70. The number of para-hydroxylation sites is 1. The van der Waals surface area contributed by atoms with E-state index in [1.54, 1.807) is 49.6 Å². The molecule has 8 heteroatoms. The monoisotopic (exact) mass is 409 g/mol. The fourth-order valence-corrected chi connectivity index (χ4v) is 2.23. The highest BCUT2D eigenvalue weighted by molar-refractivity contribution is 9.10. The first-order valence-electron chi connectivity index (χ1n) is 6.73. The molecular weight excluding hydrogens is 398 g/mol. The number of nitrogens with one attached hydrogen (secondary N) is 2. The van der Waals surface area contributed by atoms with Crippen molar-refractivity contribution in [3.05, 3.63) is 57.5 Å². The second-order valence-electron chi connectivity index (χ2n) is 4.52. The van der Waals surface area contributed by atoms with Crippen molar-refractivity contribution in [1.82, 2.24) is 5.43 Å². The zero-order valence-corrected chi connectivity index (χ0v) is 14.9. The third-order valence-electron chi connectivity index (χ3n) is 2.90. The molecule has 124 valence electrons. The first-order valence-corrected chi connectivity index (χ1v) is 7.91. The van der Waals surface area contributed by atoms with E-state index in [9.17, 15) is 9.59 Å². The van der Waals surface area contributed by atoms with Gasteiger partial charge in [-0.25, -0.2) is 5.43 Å². The third-order valence-corrected chi connectivity index (χ3v) is 3.95. The number of methoxy groups -OCH3 is 1. The summed E-state index contributed by atoms with van der Waals surface area (Å²) in [5.74, 6) is -1.14. The maximum atomic E-state index is 11.8. The lowest BCUT2D eigenvalue weighted by atomic mass is 10.2. The molecule has 2 aromatic carbocycles. The van der Waals surface area contributed by atoms with Crippen LogP contribution < -0.4 is 15.5 Å². The van der Waals surface area contributed by atoms with Gasteiger partial charge in [-0.1, -0.05) is 39.7 Å². The minimum Gasteiger partial charge on any atom is -0.497 e. The summed E-state index contributed by atoms with van der Waals surface area (Å²) in [5.41, 5.74) is 3.18. The Hall–Kier alpha value is -2.38. The van der Waals surface area contributed by atoms with E-state index in [-0.39, 0.29) is 0 Å². The number of hydrogen-bond acceptors (Lipinski definition) is 4. The fraction of sp³-hybridized carbons (Fsp3) is 0.0625. The largest absolute Gasteiger partial charge is 0.497 e. The average Bonchev–Trinajstić information content (AvgIpc) is 2.58. The summed E-state index contributed by atoms with van der Waals surface area (Å²) in [7, 11) is 1.55. The Balaban J connectivity index is 1.97. The van der Waals surface area contributed by atoms with E-state index in [1.165, 1.54) is 6.21 Å². The van der Waals surface area contributed by atoms with Crippen molar-refractivity contribution in [2.45, 2.75) is 0 Å². The third kappa shape index (κ3) is 4.81. The zero-order valence-electron chi connectivity index (χ0n) is 12.5. The van der Waals surface area contributed by atoms with Crippen LogP contribution in [0.5, 0.6) is 5.75 Å². The molecule has 0 aliphatic heterocycles. The molecule has 0 saturated heterocycles. The number of hydrogen-bond donors (Lipinski definition) is 2. The number of halogens is 2. The maximum absolute atomic E-state index is 11.8. The lowest BCUT2D eigenvalue weighted by Gasteiger charge is -2.05. The number of benzene rings is 2. The average molecular weight is 411 g/mol. The summed E-state index contributed by atoms with van der Waals surface area (Å²) >= 11 is 9.26. The lowest BCUT2D eigenvalue weighted by Crippen LogP contribution is -2.32. The van der Waals surface area contributed by atoms with Crippen molar-refractivity contribution in [2.75, 3.05) is 12.4 Å². The molecule has 2 rings (SSSR count). The van der Waals surface area contributed by atoms with Crippen molar-refractivity contribution >= 4 is 51.2 Å². The summed E-state index contributed by atoms with van der Waals surface area (Å²) in [5, 5.41) is 6.50. The van der Waals surface area contributed by atoms with Crippen LogP contribution in [0.25, 0.3) is 0 Å². The highest BCUT2D eigenvalue weighted by Gasteiger charge is 2.14. The molecule has 2 amide bonds. The highest BCUT2D eigenvalue weighted by Crippen LogP contribution is 2.21. The van der Waals surface area contributed by atoms with E-state index in [4.69, 9.17) is 16.3 Å². The van der Waals surface area contributed by atoms with Gasteiger partial charge in [-0.05, 0) is 30.3 Å². The zero-order chi connectivity index (χ0) is 17.5. The molecular formula is C16H13BrClN3O3. The lowest BCUT2D eigenvalue weighted by molar-refractivity contribution is -0.136.